The van der Waals surface area contributed by atoms with Crippen molar-refractivity contribution in [3.63, 3.8) is 0 Å². The van der Waals surface area contributed by atoms with Crippen LogP contribution in [0, 0.1) is 5.82 Å². The summed E-state index contributed by atoms with van der Waals surface area (Å²) in [6, 6.07) is 13.8. The molecule has 1 fully saturated rings. The van der Waals surface area contributed by atoms with Gasteiger partial charge < -0.3 is 20.3 Å². The number of rotatable bonds is 5. The summed E-state index contributed by atoms with van der Waals surface area (Å²) in [5.41, 5.74) is 0.870. The van der Waals surface area contributed by atoms with Crippen molar-refractivity contribution in [2.75, 3.05) is 23.3 Å². The Labute approximate surface area is 180 Å². The van der Waals surface area contributed by atoms with E-state index in [0.717, 1.165) is 37.4 Å². The first-order valence-corrected chi connectivity index (χ1v) is 10.2. The first-order valence-electron chi connectivity index (χ1n) is 9.78. The Morgan fingerprint density at radius 1 is 1.07 bits per heavy atom. The molecule has 1 saturated heterocycles. The highest BCUT2D eigenvalue weighted by atomic mass is 32.1. The Kier molecular flexibility index (Phi) is 6.34. The summed E-state index contributed by atoms with van der Waals surface area (Å²) in [7, 11) is 0. The lowest BCUT2D eigenvalue weighted by Gasteiger charge is -2.33. The van der Waals surface area contributed by atoms with Gasteiger partial charge in [-0.2, -0.15) is 0 Å². The Morgan fingerprint density at radius 2 is 1.87 bits per heavy atom. The first kappa shape index (κ1) is 20.0. The summed E-state index contributed by atoms with van der Waals surface area (Å²) in [5.74, 6) is 1.84. The Hall–Kier alpha value is -3.26. The monoisotopic (exact) mass is 423 g/mol. The Morgan fingerprint density at radius 3 is 2.60 bits per heavy atom. The molecule has 154 valence electrons. The molecule has 0 aliphatic carbocycles. The fourth-order valence-electron chi connectivity index (χ4n) is 3.32. The lowest BCUT2D eigenvalue weighted by atomic mass is 10.1. The highest BCUT2D eigenvalue weighted by molar-refractivity contribution is 7.80. The highest BCUT2D eigenvalue weighted by Crippen LogP contribution is 2.26. The second-order valence-corrected chi connectivity index (χ2v) is 7.42. The molecule has 0 amide bonds. The zero-order valence-corrected chi connectivity index (χ0v) is 17.1. The molecule has 4 rings (SSSR count). The summed E-state index contributed by atoms with van der Waals surface area (Å²) in [4.78, 5) is 10.8. The molecule has 0 radical (unpaired) electrons. The van der Waals surface area contributed by atoms with Gasteiger partial charge in [-0.25, -0.2) is 9.37 Å². The van der Waals surface area contributed by atoms with Crippen LogP contribution >= 0.6 is 12.2 Å². The molecule has 3 heterocycles. The number of anilines is 2. The number of halogens is 1. The second kappa shape index (κ2) is 9.49. The van der Waals surface area contributed by atoms with E-state index in [1.807, 2.05) is 18.2 Å². The summed E-state index contributed by atoms with van der Waals surface area (Å²) in [6.45, 7) is 1.72. The molecule has 0 unspecified atom stereocenters. The van der Waals surface area contributed by atoms with E-state index in [4.69, 9.17) is 17.0 Å². The van der Waals surface area contributed by atoms with Crippen molar-refractivity contribution in [3.8, 4) is 11.5 Å². The Bertz CT molecular complexity index is 978. The third-order valence-electron chi connectivity index (χ3n) is 4.84. The summed E-state index contributed by atoms with van der Waals surface area (Å²) < 4.78 is 18.9. The minimum atomic E-state index is -0.288. The van der Waals surface area contributed by atoms with E-state index in [1.165, 1.54) is 12.1 Å². The van der Waals surface area contributed by atoms with E-state index in [9.17, 15) is 4.39 Å². The topological polar surface area (TPSA) is 62.3 Å². The van der Waals surface area contributed by atoms with Crippen LogP contribution in [0.3, 0.4) is 0 Å². The molecule has 2 aromatic heterocycles. The van der Waals surface area contributed by atoms with Crippen LogP contribution in [0.2, 0.25) is 0 Å². The molecule has 2 N–H and O–H groups in total. The van der Waals surface area contributed by atoms with Crippen LogP contribution in [-0.4, -0.2) is 34.2 Å². The number of thiocarbonyl (C=S) groups is 1. The van der Waals surface area contributed by atoms with Crippen molar-refractivity contribution >= 4 is 28.8 Å². The molecule has 3 aromatic rings. The molecule has 1 aliphatic heterocycles. The molecule has 8 heteroatoms. The van der Waals surface area contributed by atoms with Crippen LogP contribution in [0.1, 0.15) is 12.8 Å². The van der Waals surface area contributed by atoms with Crippen LogP contribution in [0.5, 0.6) is 11.5 Å². The summed E-state index contributed by atoms with van der Waals surface area (Å²) in [6.07, 6.45) is 7.08. The molecule has 6 nitrogen and oxygen atoms in total. The highest BCUT2D eigenvalue weighted by Gasteiger charge is 2.21. The molecular formula is C22H22FN5OS. The van der Waals surface area contributed by atoms with Gasteiger partial charge in [0.15, 0.2) is 5.11 Å². The third-order valence-corrected chi connectivity index (χ3v) is 5.06. The van der Waals surface area contributed by atoms with Crippen molar-refractivity contribution in [2.24, 2.45) is 0 Å². The number of pyridine rings is 2. The second-order valence-electron chi connectivity index (χ2n) is 7.01. The summed E-state index contributed by atoms with van der Waals surface area (Å²) in [5, 5.41) is 7.14. The lowest BCUT2D eigenvalue weighted by Crippen LogP contribution is -2.46. The quantitative estimate of drug-likeness (QED) is 0.591. The van der Waals surface area contributed by atoms with Gasteiger partial charge in [-0.15, -0.1) is 0 Å². The van der Waals surface area contributed by atoms with Gasteiger partial charge in [0.2, 0.25) is 0 Å². The van der Waals surface area contributed by atoms with Crippen LogP contribution in [0.4, 0.5) is 15.9 Å². The fraction of sp³-hybridized carbons (Fsp3) is 0.227. The number of nitrogens with one attached hydrogen (secondary N) is 2. The third kappa shape index (κ3) is 5.42. The van der Waals surface area contributed by atoms with Crippen LogP contribution in [-0.2, 0) is 0 Å². The van der Waals surface area contributed by atoms with Gasteiger partial charge in [0, 0.05) is 37.6 Å². The molecule has 0 atom stereocenters. The van der Waals surface area contributed by atoms with Gasteiger partial charge in [0.1, 0.15) is 23.1 Å². The van der Waals surface area contributed by atoms with E-state index in [2.05, 4.69) is 25.5 Å². The normalized spacial score (nSPS) is 14.2. The van der Waals surface area contributed by atoms with Crippen molar-refractivity contribution < 1.29 is 9.13 Å². The minimum Gasteiger partial charge on any atom is -0.457 e. The standard InChI is InChI=1S/C22H22FN5OS/c23-16-3-5-19(6-4-16)29-20-7-11-25-21(14-20)28-12-8-17(9-13-28)26-22(30)27-18-2-1-10-24-15-18/h1-7,10-11,14-15,17H,8-9,12-13H2,(H2,26,27,30). The van der Waals surface area contributed by atoms with E-state index in [0.29, 0.717) is 22.7 Å². The average Bonchev–Trinajstić information content (AvgIpc) is 2.77. The van der Waals surface area contributed by atoms with Gasteiger partial charge >= 0.3 is 0 Å². The van der Waals surface area contributed by atoms with Crippen LogP contribution in [0.15, 0.2) is 67.1 Å². The maximum absolute atomic E-state index is 13.1. The number of benzene rings is 1. The lowest BCUT2D eigenvalue weighted by molar-refractivity contribution is 0.462. The molecule has 0 saturated carbocycles. The van der Waals surface area contributed by atoms with Gasteiger partial charge in [-0.3, -0.25) is 4.98 Å². The number of hydrogen-bond donors (Lipinski definition) is 2. The van der Waals surface area contributed by atoms with E-state index in [1.54, 1.807) is 36.8 Å². The molecule has 0 bridgehead atoms. The molecule has 0 spiro atoms. The number of hydrogen-bond acceptors (Lipinski definition) is 5. The molecular weight excluding hydrogens is 401 g/mol. The number of ether oxygens (including phenoxy) is 1. The zero-order valence-electron chi connectivity index (χ0n) is 16.3. The predicted molar refractivity (Wildman–Crippen MR) is 120 cm³/mol. The number of nitrogens with zero attached hydrogens (tertiary/aromatic N) is 3. The van der Waals surface area contributed by atoms with Gasteiger partial charge in [-0.05, 0) is 67.5 Å². The van der Waals surface area contributed by atoms with Crippen molar-refractivity contribution in [1.82, 2.24) is 15.3 Å². The minimum absolute atomic E-state index is 0.288. The van der Waals surface area contributed by atoms with Crippen molar-refractivity contribution in [3.05, 3.63) is 72.9 Å². The van der Waals surface area contributed by atoms with E-state index < -0.39 is 0 Å². The summed E-state index contributed by atoms with van der Waals surface area (Å²) >= 11 is 5.41. The first-order chi connectivity index (χ1) is 14.7. The molecule has 30 heavy (non-hydrogen) atoms. The molecule has 1 aliphatic rings. The largest absolute Gasteiger partial charge is 0.457 e. The van der Waals surface area contributed by atoms with Crippen LogP contribution in [0.25, 0.3) is 0 Å². The van der Waals surface area contributed by atoms with Crippen LogP contribution < -0.4 is 20.3 Å². The van der Waals surface area contributed by atoms with Gasteiger partial charge in [-0.1, -0.05) is 0 Å². The van der Waals surface area contributed by atoms with Gasteiger partial charge in [0.25, 0.3) is 0 Å². The van der Waals surface area contributed by atoms with Gasteiger partial charge in [0.05, 0.1) is 11.9 Å². The number of piperidine rings is 1. The van der Waals surface area contributed by atoms with Crippen molar-refractivity contribution in [1.29, 1.82) is 0 Å². The predicted octanol–water partition coefficient (Wildman–Crippen LogP) is 4.36. The fourth-order valence-corrected chi connectivity index (χ4v) is 3.60. The number of aromatic nitrogens is 2. The zero-order chi connectivity index (χ0) is 20.8. The SMILES string of the molecule is Fc1ccc(Oc2ccnc(N3CCC(NC(=S)Nc4cccnc4)CC3)c2)cc1. The maximum Gasteiger partial charge on any atom is 0.171 e. The Balaban J connectivity index is 1.29. The average molecular weight is 424 g/mol. The van der Waals surface area contributed by atoms with E-state index >= 15 is 0 Å². The smallest absolute Gasteiger partial charge is 0.171 e. The maximum atomic E-state index is 13.1. The molecule has 1 aromatic carbocycles. The van der Waals surface area contributed by atoms with E-state index in [-0.39, 0.29) is 5.82 Å². The van der Waals surface area contributed by atoms with Crippen molar-refractivity contribution in [2.45, 2.75) is 18.9 Å².